The quantitative estimate of drug-likeness (QED) is 0.627. The number of rotatable bonds is 5. The van der Waals surface area contributed by atoms with Crippen LogP contribution in [0.1, 0.15) is 22.3 Å². The summed E-state index contributed by atoms with van der Waals surface area (Å²) in [5, 5.41) is 0. The molecule has 2 nitrogen and oxygen atoms in total. The molecule has 0 aromatic heterocycles. The van der Waals surface area contributed by atoms with Gasteiger partial charge >= 0.3 is 0 Å². The van der Waals surface area contributed by atoms with E-state index in [1.807, 2.05) is 24.3 Å². The third-order valence-corrected chi connectivity index (χ3v) is 4.54. The molecule has 0 saturated heterocycles. The summed E-state index contributed by atoms with van der Waals surface area (Å²) in [6, 6.07) is 24.9. The van der Waals surface area contributed by atoms with Crippen LogP contribution in [0, 0.1) is 0 Å². The van der Waals surface area contributed by atoms with E-state index in [0.717, 1.165) is 23.5 Å². The molecule has 0 aliphatic heterocycles. The molecule has 0 N–H and O–H groups in total. The van der Waals surface area contributed by atoms with E-state index in [2.05, 4.69) is 54.6 Å². The number of allylic oxidation sites excluding steroid dienone is 1. The number of benzene rings is 3. The van der Waals surface area contributed by atoms with E-state index in [1.54, 1.807) is 7.11 Å². The van der Waals surface area contributed by atoms with Crippen molar-refractivity contribution in [2.75, 3.05) is 7.11 Å². The molecule has 0 heterocycles. The molecule has 0 bridgehead atoms. The minimum Gasteiger partial charge on any atom is -0.497 e. The molecule has 3 aromatic carbocycles. The minimum absolute atomic E-state index is 0.554. The van der Waals surface area contributed by atoms with Gasteiger partial charge in [0.2, 0.25) is 0 Å². The van der Waals surface area contributed by atoms with Crippen molar-refractivity contribution in [3.63, 3.8) is 0 Å². The van der Waals surface area contributed by atoms with Gasteiger partial charge in [0, 0.05) is 0 Å². The fraction of sp³-hybridized carbons (Fsp3) is 0.130. The molecule has 2 heteroatoms. The number of fused-ring (bicyclic) bond motifs is 1. The second-order valence-electron chi connectivity index (χ2n) is 6.21. The number of hydrogen-bond donors (Lipinski definition) is 0. The van der Waals surface area contributed by atoms with Crippen LogP contribution in [0.25, 0.3) is 11.6 Å². The van der Waals surface area contributed by atoms with Crippen molar-refractivity contribution in [3.05, 3.63) is 95.1 Å². The maximum Gasteiger partial charge on any atom is 0.120 e. The van der Waals surface area contributed by atoms with Gasteiger partial charge in [-0.2, -0.15) is 0 Å². The summed E-state index contributed by atoms with van der Waals surface area (Å²) in [5.41, 5.74) is 6.39. The Morgan fingerprint density at radius 2 is 1.60 bits per heavy atom. The maximum atomic E-state index is 5.96. The van der Waals surface area contributed by atoms with Crippen LogP contribution in [0.4, 0.5) is 0 Å². The second kappa shape index (κ2) is 6.86. The highest BCUT2D eigenvalue weighted by atomic mass is 16.5. The fourth-order valence-electron chi connectivity index (χ4n) is 3.13. The van der Waals surface area contributed by atoms with Crippen LogP contribution in [0.3, 0.4) is 0 Å². The largest absolute Gasteiger partial charge is 0.497 e. The zero-order chi connectivity index (χ0) is 17.1. The lowest BCUT2D eigenvalue weighted by molar-refractivity contribution is 0.306. The summed E-state index contributed by atoms with van der Waals surface area (Å²) in [6.45, 7) is 0.554. The van der Waals surface area contributed by atoms with Crippen LogP contribution in [0.2, 0.25) is 0 Å². The Balaban J connectivity index is 1.47. The van der Waals surface area contributed by atoms with Gasteiger partial charge in [-0.15, -0.1) is 0 Å². The summed E-state index contributed by atoms with van der Waals surface area (Å²) >= 11 is 0. The molecule has 0 unspecified atom stereocenters. The molecule has 0 amide bonds. The first-order valence-corrected chi connectivity index (χ1v) is 8.46. The van der Waals surface area contributed by atoms with E-state index in [0.29, 0.717) is 6.61 Å². The average Bonchev–Trinajstić information content (AvgIpc) is 3.11. The summed E-state index contributed by atoms with van der Waals surface area (Å²) in [6.07, 6.45) is 3.25. The van der Waals surface area contributed by atoms with E-state index in [4.69, 9.17) is 9.47 Å². The van der Waals surface area contributed by atoms with Gasteiger partial charge in [-0.3, -0.25) is 0 Å². The van der Waals surface area contributed by atoms with Gasteiger partial charge in [-0.1, -0.05) is 54.6 Å². The molecule has 0 radical (unpaired) electrons. The molecule has 3 aromatic rings. The van der Waals surface area contributed by atoms with Gasteiger partial charge < -0.3 is 9.47 Å². The van der Waals surface area contributed by atoms with Gasteiger partial charge in [-0.05, 0) is 58.5 Å². The molecule has 124 valence electrons. The number of methoxy groups -OCH3 is 1. The molecule has 1 aliphatic rings. The fourth-order valence-corrected chi connectivity index (χ4v) is 3.13. The Hall–Kier alpha value is -3.00. The van der Waals surface area contributed by atoms with Crippen molar-refractivity contribution in [2.45, 2.75) is 13.0 Å². The van der Waals surface area contributed by atoms with E-state index in [9.17, 15) is 0 Å². The van der Waals surface area contributed by atoms with Crippen LogP contribution in [0.15, 0.2) is 72.8 Å². The number of ether oxygens (including phenoxy) is 2. The van der Waals surface area contributed by atoms with Gasteiger partial charge in [0.25, 0.3) is 0 Å². The van der Waals surface area contributed by atoms with Crippen molar-refractivity contribution < 1.29 is 9.47 Å². The molecular weight excluding hydrogens is 308 g/mol. The third-order valence-electron chi connectivity index (χ3n) is 4.54. The Kier molecular flexibility index (Phi) is 4.26. The van der Waals surface area contributed by atoms with Gasteiger partial charge in [0.1, 0.15) is 18.1 Å². The second-order valence-corrected chi connectivity index (χ2v) is 6.21. The lowest BCUT2D eigenvalue weighted by Crippen LogP contribution is -1.96. The standard InChI is InChI=1S/C23H20O2/c1-24-22-10-7-17(8-11-22)16-25-23-12-9-19-13-20(14-21(19)15-23)18-5-3-2-4-6-18/h2-12,14-15H,13,16H2,1H3. The van der Waals surface area contributed by atoms with Gasteiger partial charge in [-0.25, -0.2) is 0 Å². The summed E-state index contributed by atoms with van der Waals surface area (Å²) in [5.74, 6) is 1.76. The molecule has 0 spiro atoms. The zero-order valence-corrected chi connectivity index (χ0v) is 14.2. The van der Waals surface area contributed by atoms with Crippen molar-refractivity contribution >= 4 is 11.6 Å². The average molecular weight is 328 g/mol. The summed E-state index contributed by atoms with van der Waals surface area (Å²) < 4.78 is 11.1. The molecule has 0 saturated carbocycles. The van der Waals surface area contributed by atoms with Gasteiger partial charge in [0.05, 0.1) is 7.11 Å². The highest BCUT2D eigenvalue weighted by Crippen LogP contribution is 2.33. The molecule has 4 rings (SSSR count). The minimum atomic E-state index is 0.554. The predicted octanol–water partition coefficient (Wildman–Crippen LogP) is 5.37. The van der Waals surface area contributed by atoms with E-state index in [-0.39, 0.29) is 0 Å². The first kappa shape index (κ1) is 15.5. The van der Waals surface area contributed by atoms with E-state index in [1.165, 1.54) is 22.3 Å². The zero-order valence-electron chi connectivity index (χ0n) is 14.2. The third kappa shape index (κ3) is 3.43. The Labute approximate surface area is 148 Å². The first-order chi connectivity index (χ1) is 12.3. The van der Waals surface area contributed by atoms with Gasteiger partial charge in [0.15, 0.2) is 0 Å². The Morgan fingerprint density at radius 3 is 2.36 bits per heavy atom. The van der Waals surface area contributed by atoms with Crippen molar-refractivity contribution in [1.29, 1.82) is 0 Å². The topological polar surface area (TPSA) is 18.5 Å². The SMILES string of the molecule is COc1ccc(COc2ccc3c(c2)C=C(c2ccccc2)C3)cc1. The maximum absolute atomic E-state index is 5.96. The van der Waals surface area contributed by atoms with Crippen molar-refractivity contribution in [2.24, 2.45) is 0 Å². The van der Waals surface area contributed by atoms with Crippen LogP contribution in [0.5, 0.6) is 11.5 Å². The highest BCUT2D eigenvalue weighted by Gasteiger charge is 2.14. The number of hydrogen-bond acceptors (Lipinski definition) is 2. The molecule has 0 atom stereocenters. The van der Waals surface area contributed by atoms with Crippen LogP contribution in [-0.4, -0.2) is 7.11 Å². The molecular formula is C23H20O2. The van der Waals surface area contributed by atoms with E-state index < -0.39 is 0 Å². The van der Waals surface area contributed by atoms with E-state index >= 15 is 0 Å². The summed E-state index contributed by atoms with van der Waals surface area (Å²) in [7, 11) is 1.67. The first-order valence-electron chi connectivity index (χ1n) is 8.46. The summed E-state index contributed by atoms with van der Waals surface area (Å²) in [4.78, 5) is 0. The van der Waals surface area contributed by atoms with Crippen molar-refractivity contribution in [1.82, 2.24) is 0 Å². The molecule has 0 fully saturated rings. The van der Waals surface area contributed by atoms with Crippen molar-refractivity contribution in [3.8, 4) is 11.5 Å². The normalized spacial score (nSPS) is 12.4. The Bertz CT molecular complexity index is 893. The predicted molar refractivity (Wildman–Crippen MR) is 102 cm³/mol. The highest BCUT2D eigenvalue weighted by molar-refractivity contribution is 5.88. The molecule has 25 heavy (non-hydrogen) atoms. The Morgan fingerprint density at radius 1 is 0.840 bits per heavy atom. The monoisotopic (exact) mass is 328 g/mol. The van der Waals surface area contributed by atoms with Crippen LogP contribution < -0.4 is 9.47 Å². The lowest BCUT2D eigenvalue weighted by atomic mass is 10.0. The lowest BCUT2D eigenvalue weighted by Gasteiger charge is -2.08. The van der Waals surface area contributed by atoms with Crippen LogP contribution in [-0.2, 0) is 13.0 Å². The molecule has 1 aliphatic carbocycles. The smallest absolute Gasteiger partial charge is 0.120 e. The van der Waals surface area contributed by atoms with Crippen LogP contribution >= 0.6 is 0 Å².